The summed E-state index contributed by atoms with van der Waals surface area (Å²) in [7, 11) is 0. The van der Waals surface area contributed by atoms with Crippen LogP contribution in [0.2, 0.25) is 0 Å². The Labute approximate surface area is 237 Å². The highest BCUT2D eigenvalue weighted by Crippen LogP contribution is 2.19. The summed E-state index contributed by atoms with van der Waals surface area (Å²) in [6.07, 6.45) is 4.89. The lowest BCUT2D eigenvalue weighted by atomic mass is 9.88. The van der Waals surface area contributed by atoms with Gasteiger partial charge in [-0.3, -0.25) is 33.7 Å². The van der Waals surface area contributed by atoms with Crippen LogP contribution in [0.5, 0.6) is 0 Å². The molecule has 0 saturated heterocycles. The van der Waals surface area contributed by atoms with Gasteiger partial charge in [-0.2, -0.15) is 0 Å². The molecule has 1 rings (SSSR count). The molecule has 1 aliphatic rings. The standard InChI is InChI=1S/C28H45N5O7/c1-18(2)21(17-20(34)9-6-5-7-16-33-25(37)13-14-26(33)38)27(39)32-22(10-8-15-30-28(29)40)23(35)11-12-24(36)31-19(3)4/h13-14,18-19,21-22H,5-12,15-17H2,1-4H3,(H,31,36)(H,32,39)(H3,29,30,40)/t21-,22-/m0/s1/i3D/t19-,21+,22+/m1. The summed E-state index contributed by atoms with van der Waals surface area (Å²) in [4.78, 5) is 86.2. The molecule has 0 aromatic rings. The Bertz CT molecular complexity index is 967. The van der Waals surface area contributed by atoms with Gasteiger partial charge < -0.3 is 21.7 Å². The molecule has 0 radical (unpaired) electrons. The highest BCUT2D eigenvalue weighted by Gasteiger charge is 2.29. The number of unbranched alkanes of at least 4 members (excludes halogenated alkanes) is 2. The third kappa shape index (κ3) is 13.5. The van der Waals surface area contributed by atoms with E-state index in [0.717, 1.165) is 4.90 Å². The van der Waals surface area contributed by atoms with Crippen molar-refractivity contribution in [2.24, 2.45) is 17.6 Å². The average Bonchev–Trinajstić information content (AvgIpc) is 3.23. The minimum absolute atomic E-state index is 0.00801. The number of amides is 6. The first kappa shape index (κ1) is 32.6. The number of primary amides is 1. The fraction of sp³-hybridized carbons (Fsp3) is 0.679. The topological polar surface area (TPSA) is 185 Å². The molecule has 0 spiro atoms. The number of Topliss-reactive ketones (excluding diaryl/α,β-unsaturated/α-hetero) is 2. The summed E-state index contributed by atoms with van der Waals surface area (Å²) in [5, 5.41) is 7.82. The number of ketones is 2. The summed E-state index contributed by atoms with van der Waals surface area (Å²) in [5.41, 5.74) is 5.08. The molecule has 3 atom stereocenters. The maximum Gasteiger partial charge on any atom is 0.312 e. The fourth-order valence-corrected chi connectivity index (χ4v) is 4.27. The van der Waals surface area contributed by atoms with Crippen LogP contribution >= 0.6 is 0 Å². The molecule has 1 heterocycles. The van der Waals surface area contributed by atoms with E-state index in [-0.39, 0.29) is 86.8 Å². The van der Waals surface area contributed by atoms with Gasteiger partial charge in [0.1, 0.15) is 5.78 Å². The second-order valence-electron chi connectivity index (χ2n) is 10.5. The molecule has 1 aliphatic heterocycles. The van der Waals surface area contributed by atoms with Crippen LogP contribution in [0.15, 0.2) is 12.2 Å². The quantitative estimate of drug-likeness (QED) is 0.127. The number of urea groups is 1. The Kier molecular flexibility index (Phi) is 14.6. The van der Waals surface area contributed by atoms with Gasteiger partial charge in [-0.1, -0.05) is 20.3 Å². The SMILES string of the molecule is [2H]C[C@H](C)NC(=O)CCC(=O)[C@H](CCCNC(N)=O)NC(=O)[C@@H](CC(=O)CCCCCN1C(=O)C=CC1=O)C(C)C. The minimum Gasteiger partial charge on any atom is -0.354 e. The van der Waals surface area contributed by atoms with Gasteiger partial charge in [0.2, 0.25) is 11.8 Å². The first-order chi connectivity index (χ1) is 19.3. The van der Waals surface area contributed by atoms with Crippen LogP contribution in [0.3, 0.4) is 0 Å². The molecule has 0 unspecified atom stereocenters. The molecule has 12 nitrogen and oxygen atoms in total. The van der Waals surface area contributed by atoms with Gasteiger partial charge in [0.25, 0.3) is 11.8 Å². The number of nitrogens with one attached hydrogen (secondary N) is 3. The van der Waals surface area contributed by atoms with Crippen LogP contribution in [0.4, 0.5) is 4.79 Å². The molecule has 12 heteroatoms. The van der Waals surface area contributed by atoms with Crippen LogP contribution < -0.4 is 21.7 Å². The van der Waals surface area contributed by atoms with E-state index in [0.29, 0.717) is 32.2 Å². The van der Waals surface area contributed by atoms with Crippen molar-refractivity contribution >= 4 is 41.2 Å². The van der Waals surface area contributed by atoms with E-state index in [9.17, 15) is 33.6 Å². The number of carbonyl (C=O) groups excluding carboxylic acids is 7. The van der Waals surface area contributed by atoms with Crippen molar-refractivity contribution in [3.63, 3.8) is 0 Å². The van der Waals surface area contributed by atoms with E-state index in [1.807, 2.05) is 13.8 Å². The first-order valence-corrected chi connectivity index (χ1v) is 13.9. The zero-order valence-corrected chi connectivity index (χ0v) is 23.8. The molecule has 0 aromatic heterocycles. The predicted molar refractivity (Wildman–Crippen MR) is 149 cm³/mol. The van der Waals surface area contributed by atoms with Crippen LogP contribution in [0.1, 0.15) is 86.8 Å². The Morgan fingerprint density at radius 2 is 1.60 bits per heavy atom. The average molecular weight is 565 g/mol. The molecule has 0 bridgehead atoms. The highest BCUT2D eigenvalue weighted by atomic mass is 16.2. The summed E-state index contributed by atoms with van der Waals surface area (Å²) in [6, 6.07) is -1.95. The van der Waals surface area contributed by atoms with Crippen molar-refractivity contribution in [1.29, 1.82) is 0 Å². The van der Waals surface area contributed by atoms with E-state index in [4.69, 9.17) is 7.10 Å². The number of rotatable bonds is 20. The van der Waals surface area contributed by atoms with Gasteiger partial charge in [-0.05, 0) is 45.4 Å². The maximum absolute atomic E-state index is 13.2. The lowest BCUT2D eigenvalue weighted by Crippen LogP contribution is -2.46. The smallest absolute Gasteiger partial charge is 0.312 e. The largest absolute Gasteiger partial charge is 0.354 e. The first-order valence-electron chi connectivity index (χ1n) is 14.6. The van der Waals surface area contributed by atoms with Crippen molar-refractivity contribution in [3.8, 4) is 0 Å². The van der Waals surface area contributed by atoms with Crippen LogP contribution in [-0.2, 0) is 28.8 Å². The zero-order valence-electron chi connectivity index (χ0n) is 24.8. The molecule has 0 saturated carbocycles. The van der Waals surface area contributed by atoms with Gasteiger partial charge in [-0.15, -0.1) is 0 Å². The van der Waals surface area contributed by atoms with Crippen molar-refractivity contribution < 1.29 is 34.9 Å². The number of nitrogens with two attached hydrogens (primary N) is 1. The van der Waals surface area contributed by atoms with E-state index in [1.54, 1.807) is 6.92 Å². The molecule has 6 amide bonds. The van der Waals surface area contributed by atoms with Gasteiger partial charge in [0.15, 0.2) is 5.78 Å². The third-order valence-corrected chi connectivity index (χ3v) is 6.51. The second-order valence-corrected chi connectivity index (χ2v) is 10.5. The minimum atomic E-state index is -0.902. The lowest BCUT2D eigenvalue weighted by molar-refractivity contribution is -0.137. The number of hydrogen-bond donors (Lipinski definition) is 4. The highest BCUT2D eigenvalue weighted by molar-refractivity contribution is 6.12. The van der Waals surface area contributed by atoms with Gasteiger partial charge in [-0.25, -0.2) is 4.79 Å². The molecular formula is C28H45N5O7. The third-order valence-electron chi connectivity index (χ3n) is 6.51. The number of carbonyl (C=O) groups is 7. The Morgan fingerprint density at radius 1 is 0.925 bits per heavy atom. The molecular weight excluding hydrogens is 518 g/mol. The number of nitrogens with zero attached hydrogens (tertiary/aromatic N) is 1. The molecule has 224 valence electrons. The zero-order chi connectivity index (χ0) is 30.9. The second kappa shape index (κ2) is 17.9. The van der Waals surface area contributed by atoms with E-state index >= 15 is 0 Å². The lowest BCUT2D eigenvalue weighted by Gasteiger charge is -2.24. The van der Waals surface area contributed by atoms with Crippen LogP contribution in [0, 0.1) is 11.8 Å². The van der Waals surface area contributed by atoms with E-state index in [2.05, 4.69) is 16.0 Å². The fourth-order valence-electron chi connectivity index (χ4n) is 4.27. The van der Waals surface area contributed by atoms with Gasteiger partial charge in [0.05, 0.1) is 6.04 Å². The van der Waals surface area contributed by atoms with Crippen molar-refractivity contribution in [1.82, 2.24) is 20.9 Å². The van der Waals surface area contributed by atoms with Gasteiger partial charge >= 0.3 is 6.03 Å². The number of hydrogen-bond acceptors (Lipinski definition) is 7. The van der Waals surface area contributed by atoms with Crippen molar-refractivity contribution in [3.05, 3.63) is 12.2 Å². The Morgan fingerprint density at radius 3 is 2.20 bits per heavy atom. The number of imide groups is 1. The maximum atomic E-state index is 13.2. The summed E-state index contributed by atoms with van der Waals surface area (Å²) in [6.45, 7) is 5.84. The summed E-state index contributed by atoms with van der Waals surface area (Å²) in [5.74, 6) is -2.73. The summed E-state index contributed by atoms with van der Waals surface area (Å²) >= 11 is 0. The monoisotopic (exact) mass is 564 g/mol. The van der Waals surface area contributed by atoms with Crippen molar-refractivity contribution in [2.75, 3.05) is 13.1 Å². The molecule has 0 aliphatic carbocycles. The van der Waals surface area contributed by atoms with Gasteiger partial charge in [0, 0.05) is 64.3 Å². The molecule has 5 N–H and O–H groups in total. The van der Waals surface area contributed by atoms with E-state index in [1.165, 1.54) is 12.2 Å². The Hall–Kier alpha value is -3.57. The predicted octanol–water partition coefficient (Wildman–Crippen LogP) is 1.51. The molecule has 0 fully saturated rings. The Balaban J connectivity index is 2.65. The molecule has 0 aromatic carbocycles. The van der Waals surface area contributed by atoms with Crippen LogP contribution in [-0.4, -0.2) is 71.3 Å². The normalized spacial score (nSPS) is 15.4. The van der Waals surface area contributed by atoms with Crippen molar-refractivity contribution in [2.45, 2.75) is 97.5 Å². The summed E-state index contributed by atoms with van der Waals surface area (Å²) < 4.78 is 7.29. The molecule has 40 heavy (non-hydrogen) atoms. The van der Waals surface area contributed by atoms with E-state index < -0.39 is 23.9 Å². The van der Waals surface area contributed by atoms with Crippen LogP contribution in [0.25, 0.3) is 0 Å².